The van der Waals surface area contributed by atoms with E-state index in [1.54, 1.807) is 24.3 Å². The fourth-order valence-corrected chi connectivity index (χ4v) is 1.73. The molecular formula is C13H11N3O3. The normalized spacial score (nSPS) is 10.2. The molecule has 0 aliphatic rings. The van der Waals surface area contributed by atoms with Crippen molar-refractivity contribution < 1.29 is 9.72 Å². The number of hydrogen-bond donors (Lipinski definition) is 1. The van der Waals surface area contributed by atoms with Crippen molar-refractivity contribution in [2.24, 2.45) is 0 Å². The van der Waals surface area contributed by atoms with Crippen molar-refractivity contribution in [3.63, 3.8) is 0 Å². The number of nitro groups is 1. The Morgan fingerprint density at radius 1 is 1.26 bits per heavy atom. The zero-order valence-corrected chi connectivity index (χ0v) is 10.2. The van der Waals surface area contributed by atoms with Crippen LogP contribution in [0.3, 0.4) is 0 Å². The number of hydrogen-bond acceptors (Lipinski definition) is 5. The average molecular weight is 257 g/mol. The van der Waals surface area contributed by atoms with Crippen molar-refractivity contribution in [2.75, 3.05) is 5.73 Å². The van der Waals surface area contributed by atoms with Crippen LogP contribution in [-0.4, -0.2) is 15.7 Å². The van der Waals surface area contributed by atoms with Gasteiger partial charge in [-0.1, -0.05) is 24.3 Å². The lowest BCUT2D eigenvalue weighted by Gasteiger charge is -2.04. The highest BCUT2D eigenvalue weighted by atomic mass is 16.6. The SMILES string of the molecule is CC(=O)c1ccc(-c2nccc(N)c2[N+](=O)[O-])cc1. The summed E-state index contributed by atoms with van der Waals surface area (Å²) in [5.74, 6) is -0.0680. The zero-order valence-electron chi connectivity index (χ0n) is 10.2. The molecule has 96 valence electrons. The smallest absolute Gasteiger partial charge is 0.318 e. The number of rotatable bonds is 3. The molecule has 0 radical (unpaired) electrons. The van der Waals surface area contributed by atoms with Crippen molar-refractivity contribution in [1.82, 2.24) is 4.98 Å². The van der Waals surface area contributed by atoms with Gasteiger partial charge in [-0.2, -0.15) is 0 Å². The molecule has 0 saturated carbocycles. The molecule has 2 N–H and O–H groups in total. The van der Waals surface area contributed by atoms with Gasteiger partial charge in [0.2, 0.25) is 0 Å². The van der Waals surface area contributed by atoms with Gasteiger partial charge in [-0.3, -0.25) is 14.9 Å². The third-order valence-corrected chi connectivity index (χ3v) is 2.70. The predicted molar refractivity (Wildman–Crippen MR) is 70.7 cm³/mol. The molecule has 2 rings (SSSR count). The third kappa shape index (κ3) is 2.42. The molecule has 0 aliphatic carbocycles. The Balaban J connectivity index is 2.56. The second-order valence-electron chi connectivity index (χ2n) is 3.99. The largest absolute Gasteiger partial charge is 0.393 e. The van der Waals surface area contributed by atoms with Gasteiger partial charge in [0, 0.05) is 17.3 Å². The molecule has 0 unspecified atom stereocenters. The van der Waals surface area contributed by atoms with Crippen LogP contribution in [-0.2, 0) is 0 Å². The topological polar surface area (TPSA) is 99.1 Å². The number of anilines is 1. The molecule has 1 heterocycles. The van der Waals surface area contributed by atoms with Gasteiger partial charge in [0.15, 0.2) is 5.78 Å². The first-order chi connectivity index (χ1) is 9.00. The standard InChI is InChI=1S/C13H11N3O3/c1-8(17)9-2-4-10(5-3-9)12-13(16(18)19)11(14)6-7-15-12/h2-7H,1H3,(H2,14,15). The lowest BCUT2D eigenvalue weighted by atomic mass is 10.1. The Kier molecular flexibility index (Phi) is 3.24. The van der Waals surface area contributed by atoms with E-state index >= 15 is 0 Å². The van der Waals surface area contributed by atoms with Crippen molar-refractivity contribution in [1.29, 1.82) is 0 Å². The van der Waals surface area contributed by atoms with E-state index in [0.29, 0.717) is 11.1 Å². The number of carbonyl (C=O) groups is 1. The first-order valence-corrected chi connectivity index (χ1v) is 5.51. The fraction of sp³-hybridized carbons (Fsp3) is 0.0769. The quantitative estimate of drug-likeness (QED) is 0.517. The van der Waals surface area contributed by atoms with Gasteiger partial charge in [-0.15, -0.1) is 0 Å². The zero-order chi connectivity index (χ0) is 14.0. The molecule has 0 bridgehead atoms. The molecule has 19 heavy (non-hydrogen) atoms. The van der Waals surface area contributed by atoms with Gasteiger partial charge < -0.3 is 5.73 Å². The minimum absolute atomic E-state index is 0.0608. The van der Waals surface area contributed by atoms with Crippen LogP contribution in [0.4, 0.5) is 11.4 Å². The van der Waals surface area contributed by atoms with E-state index in [4.69, 9.17) is 5.73 Å². The first kappa shape index (κ1) is 12.7. The number of ketones is 1. The number of nitrogens with zero attached hydrogens (tertiary/aromatic N) is 2. The number of carbonyl (C=O) groups excluding carboxylic acids is 1. The molecule has 0 saturated heterocycles. The molecule has 6 nitrogen and oxygen atoms in total. The summed E-state index contributed by atoms with van der Waals surface area (Å²) in [5.41, 5.74) is 6.72. The van der Waals surface area contributed by atoms with E-state index in [1.807, 2.05) is 0 Å². The van der Waals surface area contributed by atoms with Gasteiger partial charge in [-0.25, -0.2) is 4.98 Å². The maximum atomic E-state index is 11.2. The Morgan fingerprint density at radius 3 is 2.42 bits per heavy atom. The lowest BCUT2D eigenvalue weighted by molar-refractivity contribution is -0.383. The molecule has 0 aliphatic heterocycles. The fourth-order valence-electron chi connectivity index (χ4n) is 1.73. The van der Waals surface area contributed by atoms with E-state index in [-0.39, 0.29) is 22.9 Å². The minimum Gasteiger partial charge on any atom is -0.393 e. The monoisotopic (exact) mass is 257 g/mol. The Hall–Kier alpha value is -2.76. The van der Waals surface area contributed by atoms with Gasteiger partial charge >= 0.3 is 5.69 Å². The summed E-state index contributed by atoms with van der Waals surface area (Å²) in [6.45, 7) is 1.45. The van der Waals surface area contributed by atoms with E-state index in [1.165, 1.54) is 19.2 Å². The van der Waals surface area contributed by atoms with Crippen LogP contribution in [0.15, 0.2) is 36.5 Å². The number of Topliss-reactive ketones (excluding diaryl/α,β-unsaturated/α-hetero) is 1. The van der Waals surface area contributed by atoms with E-state index in [9.17, 15) is 14.9 Å². The summed E-state index contributed by atoms with van der Waals surface area (Å²) in [6.07, 6.45) is 1.41. The number of nitrogens with two attached hydrogens (primary N) is 1. The molecule has 1 aromatic heterocycles. The van der Waals surface area contributed by atoms with Crippen LogP contribution >= 0.6 is 0 Å². The highest BCUT2D eigenvalue weighted by Crippen LogP contribution is 2.32. The molecule has 1 aromatic carbocycles. The van der Waals surface area contributed by atoms with Crippen LogP contribution in [0.2, 0.25) is 0 Å². The van der Waals surface area contributed by atoms with E-state index in [0.717, 1.165) is 0 Å². The van der Waals surface area contributed by atoms with Crippen LogP contribution < -0.4 is 5.73 Å². The third-order valence-electron chi connectivity index (χ3n) is 2.70. The summed E-state index contributed by atoms with van der Waals surface area (Å²) < 4.78 is 0. The molecule has 2 aromatic rings. The minimum atomic E-state index is -0.559. The molecule has 0 amide bonds. The molecule has 0 atom stereocenters. The van der Waals surface area contributed by atoms with Crippen LogP contribution in [0.5, 0.6) is 0 Å². The van der Waals surface area contributed by atoms with Gasteiger partial charge in [-0.05, 0) is 13.0 Å². The molecule has 0 spiro atoms. The predicted octanol–water partition coefficient (Wildman–Crippen LogP) is 2.44. The van der Waals surface area contributed by atoms with E-state index < -0.39 is 4.92 Å². The Labute approximate surface area is 109 Å². The molecule has 6 heteroatoms. The van der Waals surface area contributed by atoms with Crippen LogP contribution in [0, 0.1) is 10.1 Å². The molecular weight excluding hydrogens is 246 g/mol. The summed E-state index contributed by atoms with van der Waals surface area (Å²) in [6, 6.07) is 7.82. The highest BCUT2D eigenvalue weighted by Gasteiger charge is 2.20. The van der Waals surface area contributed by atoms with Gasteiger partial charge in [0.25, 0.3) is 0 Å². The summed E-state index contributed by atoms with van der Waals surface area (Å²) in [5, 5.41) is 11.0. The number of aromatic nitrogens is 1. The summed E-state index contributed by atoms with van der Waals surface area (Å²) in [7, 11) is 0. The second kappa shape index (κ2) is 4.85. The van der Waals surface area contributed by atoms with Crippen molar-refractivity contribution in [3.8, 4) is 11.3 Å². The van der Waals surface area contributed by atoms with Crippen LogP contribution in [0.25, 0.3) is 11.3 Å². The number of nitrogen functional groups attached to an aromatic ring is 1. The Morgan fingerprint density at radius 2 is 1.89 bits per heavy atom. The summed E-state index contributed by atoms with van der Waals surface area (Å²) >= 11 is 0. The molecule has 0 fully saturated rings. The van der Waals surface area contributed by atoms with Gasteiger partial charge in [0.1, 0.15) is 11.4 Å². The lowest BCUT2D eigenvalue weighted by Crippen LogP contribution is -2.00. The summed E-state index contributed by atoms with van der Waals surface area (Å²) in [4.78, 5) is 25.6. The maximum absolute atomic E-state index is 11.2. The first-order valence-electron chi connectivity index (χ1n) is 5.51. The highest BCUT2D eigenvalue weighted by molar-refractivity contribution is 5.94. The van der Waals surface area contributed by atoms with Crippen molar-refractivity contribution >= 4 is 17.2 Å². The van der Waals surface area contributed by atoms with Crippen molar-refractivity contribution in [3.05, 3.63) is 52.2 Å². The second-order valence-corrected chi connectivity index (χ2v) is 3.99. The number of benzene rings is 1. The number of pyridine rings is 1. The van der Waals surface area contributed by atoms with E-state index in [2.05, 4.69) is 4.98 Å². The Bertz CT molecular complexity index is 651. The maximum Gasteiger partial charge on any atom is 0.318 e. The average Bonchev–Trinajstić information content (AvgIpc) is 2.38. The van der Waals surface area contributed by atoms with Gasteiger partial charge in [0.05, 0.1) is 4.92 Å². The van der Waals surface area contributed by atoms with Crippen LogP contribution in [0.1, 0.15) is 17.3 Å². The van der Waals surface area contributed by atoms with Crippen molar-refractivity contribution in [2.45, 2.75) is 6.92 Å².